The van der Waals surface area contributed by atoms with Crippen LogP contribution in [0.5, 0.6) is 0 Å². The van der Waals surface area contributed by atoms with Crippen LogP contribution in [0.3, 0.4) is 0 Å². The fraction of sp³-hybridized carbons (Fsp3) is 0.792. The number of hydrogen-bond acceptors (Lipinski definition) is 3. The zero-order valence-corrected chi connectivity index (χ0v) is 17.4. The summed E-state index contributed by atoms with van der Waals surface area (Å²) in [5.41, 5.74) is 0.809. The molecular formula is C24H38O4. The molecule has 0 amide bonds. The number of fused-ring (bicyclic) bond motifs is 1. The van der Waals surface area contributed by atoms with E-state index >= 15 is 0 Å². The Morgan fingerprint density at radius 3 is 2.71 bits per heavy atom. The van der Waals surface area contributed by atoms with Crippen molar-refractivity contribution >= 4 is 5.97 Å². The minimum atomic E-state index is -0.713. The molecular weight excluding hydrogens is 352 g/mol. The van der Waals surface area contributed by atoms with Gasteiger partial charge in [0.2, 0.25) is 0 Å². The van der Waals surface area contributed by atoms with Gasteiger partial charge in [-0.15, -0.1) is 0 Å². The molecule has 3 aliphatic rings. The molecule has 2 saturated carbocycles. The van der Waals surface area contributed by atoms with Gasteiger partial charge in [0.25, 0.3) is 0 Å². The smallest absolute Gasteiger partial charge is 0.303 e. The summed E-state index contributed by atoms with van der Waals surface area (Å²) in [6.45, 7) is 1.98. The maximum absolute atomic E-state index is 10.9. The number of carboxylic acids is 1. The van der Waals surface area contributed by atoms with Gasteiger partial charge in [0, 0.05) is 12.3 Å². The van der Waals surface area contributed by atoms with E-state index in [4.69, 9.17) is 5.11 Å². The lowest BCUT2D eigenvalue weighted by molar-refractivity contribution is -0.137. The zero-order chi connectivity index (χ0) is 20.1. The SMILES string of the molecule is CC(O)(CC=C[C@H]1[C@H]2CC(CCCCC(=O)O)=C[C@H]2C[C@H]1O)C1CCCCC1. The molecule has 1 unspecified atom stereocenters. The first-order valence-corrected chi connectivity index (χ1v) is 11.4. The summed E-state index contributed by atoms with van der Waals surface area (Å²) in [6, 6.07) is 0. The van der Waals surface area contributed by atoms with Crippen molar-refractivity contribution in [2.45, 2.75) is 95.7 Å². The van der Waals surface area contributed by atoms with Gasteiger partial charge >= 0.3 is 5.97 Å². The van der Waals surface area contributed by atoms with E-state index in [0.29, 0.717) is 24.2 Å². The molecule has 0 radical (unpaired) electrons. The Hall–Kier alpha value is -1.13. The Morgan fingerprint density at radius 1 is 1.25 bits per heavy atom. The number of allylic oxidation sites excluding steroid dienone is 2. The van der Waals surface area contributed by atoms with Crippen LogP contribution in [0.25, 0.3) is 0 Å². The molecule has 4 heteroatoms. The lowest BCUT2D eigenvalue weighted by Gasteiger charge is -2.35. The van der Waals surface area contributed by atoms with E-state index in [1.54, 1.807) is 0 Å². The Labute approximate surface area is 169 Å². The van der Waals surface area contributed by atoms with Gasteiger partial charge in [-0.25, -0.2) is 0 Å². The number of aliphatic carboxylic acids is 1. The number of carbonyl (C=O) groups is 1. The largest absolute Gasteiger partial charge is 0.481 e. The standard InChI is InChI=1S/C24H38O4/c1-24(28,19-9-3-2-4-10-19)13-7-11-20-21-15-17(8-5-6-12-23(26)27)14-18(21)16-22(20)25/h7,11,14,18-22,25,28H,2-6,8-10,12-13,15-16H2,1H3,(H,26,27)/t18-,20-,21-,22+,24?/m0/s1. The molecule has 0 saturated heterocycles. The second kappa shape index (κ2) is 9.58. The number of hydrogen-bond donors (Lipinski definition) is 3. The summed E-state index contributed by atoms with van der Waals surface area (Å²) < 4.78 is 0. The molecule has 4 nitrogen and oxygen atoms in total. The van der Waals surface area contributed by atoms with Crippen molar-refractivity contribution in [2.24, 2.45) is 23.7 Å². The van der Waals surface area contributed by atoms with Crippen LogP contribution < -0.4 is 0 Å². The third-order valence-electron chi connectivity index (χ3n) is 7.46. The molecule has 2 fully saturated rings. The molecule has 3 N–H and O–H groups in total. The van der Waals surface area contributed by atoms with Crippen LogP contribution in [-0.2, 0) is 4.79 Å². The first-order valence-electron chi connectivity index (χ1n) is 11.4. The number of aliphatic hydroxyl groups is 2. The summed E-state index contributed by atoms with van der Waals surface area (Å²) in [5.74, 6) is 0.797. The molecule has 5 atom stereocenters. The monoisotopic (exact) mass is 390 g/mol. The maximum atomic E-state index is 10.9. The summed E-state index contributed by atoms with van der Waals surface area (Å²) in [7, 11) is 0. The lowest BCUT2D eigenvalue weighted by atomic mass is 9.76. The molecule has 3 aliphatic carbocycles. The summed E-state index contributed by atoms with van der Waals surface area (Å²) in [5, 5.41) is 30.2. The molecule has 3 rings (SSSR count). The van der Waals surface area contributed by atoms with Crippen LogP contribution >= 0.6 is 0 Å². The van der Waals surface area contributed by atoms with E-state index in [1.165, 1.54) is 24.8 Å². The molecule has 0 aromatic rings. The van der Waals surface area contributed by atoms with Crippen molar-refractivity contribution in [3.63, 3.8) is 0 Å². The topological polar surface area (TPSA) is 77.8 Å². The van der Waals surface area contributed by atoms with Gasteiger partial charge in [-0.3, -0.25) is 4.79 Å². The third-order valence-corrected chi connectivity index (χ3v) is 7.46. The van der Waals surface area contributed by atoms with Crippen LogP contribution in [0.1, 0.15) is 84.0 Å². The summed E-state index contributed by atoms with van der Waals surface area (Å²) in [6.07, 6.45) is 17.8. The molecule has 0 spiro atoms. The van der Waals surface area contributed by atoms with E-state index in [2.05, 4.69) is 18.2 Å². The number of rotatable bonds is 9. The first-order chi connectivity index (χ1) is 13.4. The van der Waals surface area contributed by atoms with Gasteiger partial charge in [0.05, 0.1) is 11.7 Å². The van der Waals surface area contributed by atoms with Crippen LogP contribution in [0.2, 0.25) is 0 Å². The van der Waals surface area contributed by atoms with Crippen molar-refractivity contribution in [1.82, 2.24) is 0 Å². The highest BCUT2D eigenvalue weighted by Crippen LogP contribution is 2.48. The molecule has 0 heterocycles. The van der Waals surface area contributed by atoms with Gasteiger partial charge in [-0.2, -0.15) is 0 Å². The van der Waals surface area contributed by atoms with E-state index in [1.807, 2.05) is 6.92 Å². The van der Waals surface area contributed by atoms with Crippen molar-refractivity contribution in [3.8, 4) is 0 Å². The summed E-state index contributed by atoms with van der Waals surface area (Å²) >= 11 is 0. The molecule has 28 heavy (non-hydrogen) atoms. The molecule has 0 aromatic heterocycles. The number of carboxylic acid groups (broad SMARTS) is 1. The van der Waals surface area contributed by atoms with Crippen molar-refractivity contribution in [3.05, 3.63) is 23.8 Å². The Bertz CT molecular complexity index is 585. The van der Waals surface area contributed by atoms with E-state index in [-0.39, 0.29) is 18.4 Å². The third kappa shape index (κ3) is 5.48. The fourth-order valence-corrected chi connectivity index (χ4v) is 5.77. The van der Waals surface area contributed by atoms with Crippen molar-refractivity contribution in [2.75, 3.05) is 0 Å². The predicted molar refractivity (Wildman–Crippen MR) is 111 cm³/mol. The van der Waals surface area contributed by atoms with Crippen LogP contribution in [0.15, 0.2) is 23.8 Å². The highest BCUT2D eigenvalue weighted by Gasteiger charge is 2.43. The fourth-order valence-electron chi connectivity index (χ4n) is 5.77. The van der Waals surface area contributed by atoms with Gasteiger partial charge in [-0.05, 0) is 76.0 Å². The lowest BCUT2D eigenvalue weighted by Crippen LogP contribution is -2.35. The van der Waals surface area contributed by atoms with Gasteiger partial charge in [0.15, 0.2) is 0 Å². The first kappa shape index (κ1) is 21.6. The second-order valence-electron chi connectivity index (χ2n) is 9.66. The predicted octanol–water partition coefficient (Wildman–Crippen LogP) is 4.85. The molecule has 0 bridgehead atoms. The van der Waals surface area contributed by atoms with Crippen LogP contribution in [0.4, 0.5) is 0 Å². The average Bonchev–Trinajstić information content (AvgIpc) is 3.17. The number of unbranched alkanes of at least 4 members (excludes halogenated alkanes) is 1. The Morgan fingerprint density at radius 2 is 2.00 bits per heavy atom. The van der Waals surface area contributed by atoms with Gasteiger partial charge < -0.3 is 15.3 Å². The highest BCUT2D eigenvalue weighted by atomic mass is 16.4. The second-order valence-corrected chi connectivity index (χ2v) is 9.66. The van der Waals surface area contributed by atoms with Crippen LogP contribution in [0, 0.1) is 23.7 Å². The molecule has 158 valence electrons. The van der Waals surface area contributed by atoms with E-state index in [9.17, 15) is 15.0 Å². The highest BCUT2D eigenvalue weighted by molar-refractivity contribution is 5.66. The Kier molecular flexibility index (Phi) is 7.38. The zero-order valence-electron chi connectivity index (χ0n) is 17.4. The van der Waals surface area contributed by atoms with Gasteiger partial charge in [0.1, 0.15) is 0 Å². The molecule has 0 aromatic carbocycles. The van der Waals surface area contributed by atoms with Crippen molar-refractivity contribution in [1.29, 1.82) is 0 Å². The van der Waals surface area contributed by atoms with Crippen molar-refractivity contribution < 1.29 is 20.1 Å². The van der Waals surface area contributed by atoms with Gasteiger partial charge in [-0.1, -0.05) is 43.1 Å². The average molecular weight is 391 g/mol. The maximum Gasteiger partial charge on any atom is 0.303 e. The normalized spacial score (nSPS) is 33.0. The Balaban J connectivity index is 1.48. The molecule has 0 aliphatic heterocycles. The quantitative estimate of drug-likeness (QED) is 0.388. The van der Waals surface area contributed by atoms with Crippen LogP contribution in [-0.4, -0.2) is 33.0 Å². The van der Waals surface area contributed by atoms with E-state index in [0.717, 1.165) is 44.9 Å². The minimum absolute atomic E-state index is 0.180. The number of aliphatic hydroxyl groups excluding tert-OH is 1. The van der Waals surface area contributed by atoms with E-state index < -0.39 is 11.6 Å². The summed E-state index contributed by atoms with van der Waals surface area (Å²) in [4.78, 5) is 10.6. The minimum Gasteiger partial charge on any atom is -0.481 e.